The highest BCUT2D eigenvalue weighted by Crippen LogP contribution is 2.25. The van der Waals surface area contributed by atoms with E-state index >= 15 is 0 Å². The highest BCUT2D eigenvalue weighted by molar-refractivity contribution is 5.83. The van der Waals surface area contributed by atoms with E-state index in [1.807, 2.05) is 12.1 Å². The predicted octanol–water partition coefficient (Wildman–Crippen LogP) is 2.27. The second-order valence-electron chi connectivity index (χ2n) is 4.09. The molecular formula is C16H15N3O4. The third kappa shape index (κ3) is 4.61. The molecule has 0 spiro atoms. The Bertz CT molecular complexity index is 703. The predicted molar refractivity (Wildman–Crippen MR) is 84.0 cm³/mol. The Morgan fingerprint density at radius 1 is 1.17 bits per heavy atom. The number of nitrogens with zero attached hydrogens (tertiary/aromatic N) is 3. The van der Waals surface area contributed by atoms with Gasteiger partial charge in [0.1, 0.15) is 5.75 Å². The summed E-state index contributed by atoms with van der Waals surface area (Å²) in [5, 5.41) is 3.76. The Morgan fingerprint density at radius 3 is 2.52 bits per heavy atom. The average molecular weight is 313 g/mol. The van der Waals surface area contributed by atoms with Crippen LogP contribution in [0.1, 0.15) is 5.56 Å². The lowest BCUT2D eigenvalue weighted by Crippen LogP contribution is -1.99. The third-order valence-corrected chi connectivity index (χ3v) is 2.61. The van der Waals surface area contributed by atoms with Crippen molar-refractivity contribution in [3.8, 4) is 35.9 Å². The van der Waals surface area contributed by atoms with Crippen LogP contribution in [0.4, 0.5) is 0 Å². The van der Waals surface area contributed by atoms with Crippen LogP contribution in [0.5, 0.6) is 23.5 Å². The lowest BCUT2D eigenvalue weighted by molar-refractivity contribution is 0.181. The molecule has 1 aromatic heterocycles. The first-order valence-electron chi connectivity index (χ1n) is 6.59. The Hall–Kier alpha value is -3.27. The number of hydrogen-bond donors (Lipinski definition) is 0. The average Bonchev–Trinajstić information content (AvgIpc) is 2.59. The van der Waals surface area contributed by atoms with Gasteiger partial charge in [0.15, 0.2) is 6.61 Å². The van der Waals surface area contributed by atoms with E-state index < -0.39 is 0 Å². The number of terminal acetylenes is 1. The van der Waals surface area contributed by atoms with Gasteiger partial charge in [0.2, 0.25) is 11.8 Å². The third-order valence-electron chi connectivity index (χ3n) is 2.61. The number of ether oxygens (including phenoxy) is 3. The monoisotopic (exact) mass is 313 g/mol. The zero-order valence-corrected chi connectivity index (χ0v) is 12.7. The lowest BCUT2D eigenvalue weighted by Gasteiger charge is -2.09. The van der Waals surface area contributed by atoms with Gasteiger partial charge >= 0.3 is 6.01 Å². The number of hydrogen-bond acceptors (Lipinski definition) is 7. The van der Waals surface area contributed by atoms with Crippen LogP contribution in [0, 0.1) is 12.3 Å². The van der Waals surface area contributed by atoms with Crippen molar-refractivity contribution in [1.82, 2.24) is 9.97 Å². The molecule has 0 saturated carbocycles. The van der Waals surface area contributed by atoms with Gasteiger partial charge in [0.25, 0.3) is 0 Å². The highest BCUT2D eigenvalue weighted by Gasteiger charge is 2.09. The van der Waals surface area contributed by atoms with E-state index in [0.29, 0.717) is 23.1 Å². The summed E-state index contributed by atoms with van der Waals surface area (Å²) in [5.74, 6) is 3.47. The summed E-state index contributed by atoms with van der Waals surface area (Å²) >= 11 is 0. The molecule has 0 atom stereocenters. The van der Waals surface area contributed by atoms with Gasteiger partial charge in [-0.05, 0) is 12.1 Å². The summed E-state index contributed by atoms with van der Waals surface area (Å²) < 4.78 is 15.8. The van der Waals surface area contributed by atoms with Crippen LogP contribution < -0.4 is 14.2 Å². The zero-order chi connectivity index (χ0) is 16.5. The normalized spacial score (nSPS) is 10.1. The Morgan fingerprint density at radius 2 is 1.87 bits per heavy atom. The number of oxime groups is 1. The fraction of sp³-hybridized carbons (Fsp3) is 0.188. The molecule has 0 aliphatic carbocycles. The maximum atomic E-state index is 5.68. The summed E-state index contributed by atoms with van der Waals surface area (Å²) in [7, 11) is 2.99. The first-order valence-corrected chi connectivity index (χ1v) is 6.59. The van der Waals surface area contributed by atoms with Gasteiger partial charge in [0.05, 0.1) is 26.5 Å². The van der Waals surface area contributed by atoms with Crippen LogP contribution in [0.3, 0.4) is 0 Å². The van der Waals surface area contributed by atoms with Gasteiger partial charge in [0, 0.05) is 5.56 Å². The van der Waals surface area contributed by atoms with Crippen molar-refractivity contribution in [3.63, 3.8) is 0 Å². The minimum absolute atomic E-state index is 0.0894. The highest BCUT2D eigenvalue weighted by atomic mass is 16.6. The minimum atomic E-state index is 0.0894. The number of rotatable bonds is 7. The number of para-hydroxylation sites is 1. The van der Waals surface area contributed by atoms with E-state index in [1.165, 1.54) is 20.4 Å². The fourth-order valence-electron chi connectivity index (χ4n) is 1.59. The van der Waals surface area contributed by atoms with Crippen molar-refractivity contribution in [1.29, 1.82) is 0 Å². The molecule has 7 nitrogen and oxygen atoms in total. The van der Waals surface area contributed by atoms with Gasteiger partial charge in [-0.25, -0.2) is 0 Å². The summed E-state index contributed by atoms with van der Waals surface area (Å²) in [5.41, 5.74) is 0.676. The quantitative estimate of drug-likeness (QED) is 0.338. The van der Waals surface area contributed by atoms with Crippen LogP contribution in [-0.4, -0.2) is 37.0 Å². The second-order valence-corrected chi connectivity index (χ2v) is 4.09. The van der Waals surface area contributed by atoms with Crippen LogP contribution >= 0.6 is 0 Å². The van der Waals surface area contributed by atoms with E-state index in [-0.39, 0.29) is 12.6 Å². The van der Waals surface area contributed by atoms with E-state index in [2.05, 4.69) is 21.0 Å². The van der Waals surface area contributed by atoms with E-state index in [4.69, 9.17) is 25.5 Å². The van der Waals surface area contributed by atoms with Gasteiger partial charge in [-0.3, -0.25) is 0 Å². The number of benzene rings is 1. The van der Waals surface area contributed by atoms with Gasteiger partial charge in [-0.15, -0.1) is 6.42 Å². The number of aromatic nitrogens is 2. The van der Waals surface area contributed by atoms with Crippen LogP contribution in [0.15, 0.2) is 35.5 Å². The van der Waals surface area contributed by atoms with Crippen LogP contribution in [0.2, 0.25) is 0 Å². The first-order chi connectivity index (χ1) is 11.3. The summed E-state index contributed by atoms with van der Waals surface area (Å²) in [6, 6.07) is 8.84. The Kier molecular flexibility index (Phi) is 5.77. The molecular weight excluding hydrogens is 298 g/mol. The zero-order valence-electron chi connectivity index (χ0n) is 12.7. The fourth-order valence-corrected chi connectivity index (χ4v) is 1.59. The van der Waals surface area contributed by atoms with Crippen molar-refractivity contribution >= 4 is 6.21 Å². The molecule has 118 valence electrons. The smallest absolute Gasteiger partial charge is 0.328 e. The summed E-state index contributed by atoms with van der Waals surface area (Å²) in [4.78, 5) is 13.1. The molecule has 2 rings (SSSR count). The van der Waals surface area contributed by atoms with Gasteiger partial charge < -0.3 is 19.0 Å². The molecule has 0 aliphatic heterocycles. The largest absolute Gasteiger partial charge is 0.481 e. The van der Waals surface area contributed by atoms with Crippen LogP contribution in [0.25, 0.3) is 0 Å². The van der Waals surface area contributed by atoms with Gasteiger partial charge in [-0.2, -0.15) is 9.97 Å². The molecule has 0 radical (unpaired) electrons. The van der Waals surface area contributed by atoms with Crippen molar-refractivity contribution in [3.05, 3.63) is 35.9 Å². The summed E-state index contributed by atoms with van der Waals surface area (Å²) in [6.07, 6.45) is 6.57. The molecule has 0 aliphatic rings. The molecule has 23 heavy (non-hydrogen) atoms. The molecule has 2 aromatic rings. The first kappa shape index (κ1) is 16.1. The Balaban J connectivity index is 2.23. The number of methoxy groups -OCH3 is 2. The molecule has 0 fully saturated rings. The molecule has 1 aromatic carbocycles. The van der Waals surface area contributed by atoms with E-state index in [1.54, 1.807) is 18.2 Å². The van der Waals surface area contributed by atoms with Crippen molar-refractivity contribution < 1.29 is 19.0 Å². The van der Waals surface area contributed by atoms with E-state index in [0.717, 1.165) is 0 Å². The van der Waals surface area contributed by atoms with Gasteiger partial charge in [-0.1, -0.05) is 23.2 Å². The molecule has 7 heteroatoms. The molecule has 0 unspecified atom stereocenters. The van der Waals surface area contributed by atoms with Crippen molar-refractivity contribution in [2.75, 3.05) is 20.8 Å². The maximum absolute atomic E-state index is 5.68. The molecule has 0 bridgehead atoms. The van der Waals surface area contributed by atoms with Crippen LogP contribution in [-0.2, 0) is 4.84 Å². The molecule has 1 heterocycles. The van der Waals surface area contributed by atoms with Crippen molar-refractivity contribution in [2.24, 2.45) is 5.16 Å². The topological polar surface area (TPSA) is 75.1 Å². The molecule has 0 amide bonds. The van der Waals surface area contributed by atoms with Crippen molar-refractivity contribution in [2.45, 2.75) is 0 Å². The molecule has 0 saturated heterocycles. The standard InChI is InChI=1S/C16H15N3O4/c1-4-9-22-17-11-12-7-5-6-8-13(12)23-16-18-14(20-2)10-15(19-16)21-3/h1,5-8,10-11H,9H2,2-3H3. The SMILES string of the molecule is C#CCON=Cc1ccccc1Oc1nc(OC)cc(OC)n1. The molecule has 0 N–H and O–H groups in total. The maximum Gasteiger partial charge on any atom is 0.328 e. The second kappa shape index (κ2) is 8.24. The Labute approximate surface area is 133 Å². The van der Waals surface area contributed by atoms with E-state index in [9.17, 15) is 0 Å². The lowest BCUT2D eigenvalue weighted by atomic mass is 10.2. The summed E-state index contributed by atoms with van der Waals surface area (Å²) in [6.45, 7) is 0.0930. The minimum Gasteiger partial charge on any atom is -0.481 e.